The van der Waals surface area contributed by atoms with Crippen LogP contribution in [0.4, 0.5) is 0 Å². The van der Waals surface area contributed by atoms with Gasteiger partial charge in [0, 0.05) is 9.30 Å². The average Bonchev–Trinajstić information content (AvgIpc) is 2.28. The molecular weight excluding hydrogens is 258 g/mol. The first-order chi connectivity index (χ1) is 4.77. The Morgan fingerprint density at radius 2 is 1.80 bits per heavy atom. The van der Waals surface area contributed by atoms with Gasteiger partial charge in [-0.2, -0.15) is 0 Å². The smallest absolute Gasteiger partial charge is 0.0374 e. The van der Waals surface area contributed by atoms with Gasteiger partial charge in [0.2, 0.25) is 0 Å². The number of rotatable bonds is 0. The second kappa shape index (κ2) is 2.81. The lowest BCUT2D eigenvalue weighted by atomic mass is 9.89. The molecule has 0 aromatic heterocycles. The average molecular weight is 271 g/mol. The van der Waals surface area contributed by atoms with Crippen LogP contribution in [0.5, 0.6) is 0 Å². The third-order valence-electron chi connectivity index (χ3n) is 2.99. The third-order valence-corrected chi connectivity index (χ3v) is 5.05. The number of halogens is 2. The van der Waals surface area contributed by atoms with Gasteiger partial charge in [0.25, 0.3) is 0 Å². The fourth-order valence-electron chi connectivity index (χ4n) is 2.31. The van der Waals surface area contributed by atoms with E-state index in [4.69, 9.17) is 11.6 Å². The van der Waals surface area contributed by atoms with Gasteiger partial charge in [-0.05, 0) is 37.5 Å². The molecule has 58 valence electrons. The molecule has 0 saturated heterocycles. The second-order valence-corrected chi connectivity index (χ2v) is 5.76. The molecule has 4 unspecified atom stereocenters. The molecule has 0 heterocycles. The summed E-state index contributed by atoms with van der Waals surface area (Å²) in [5.74, 6) is 1.89. The fourth-order valence-corrected chi connectivity index (χ4v) is 4.23. The van der Waals surface area contributed by atoms with E-state index in [1.807, 2.05) is 0 Å². The quantitative estimate of drug-likeness (QED) is 0.468. The molecule has 0 aromatic carbocycles. The molecular formula is C8H12ClI. The summed E-state index contributed by atoms with van der Waals surface area (Å²) in [7, 11) is 0. The van der Waals surface area contributed by atoms with Crippen LogP contribution in [-0.4, -0.2) is 9.30 Å². The van der Waals surface area contributed by atoms with Gasteiger partial charge in [-0.15, -0.1) is 11.6 Å². The largest absolute Gasteiger partial charge is 0.123 e. The molecule has 0 nitrogen and oxygen atoms in total. The molecule has 2 aliphatic carbocycles. The van der Waals surface area contributed by atoms with Crippen LogP contribution in [0.3, 0.4) is 0 Å². The van der Waals surface area contributed by atoms with Crippen molar-refractivity contribution in [1.82, 2.24) is 0 Å². The highest BCUT2D eigenvalue weighted by molar-refractivity contribution is 14.1. The zero-order valence-electron chi connectivity index (χ0n) is 5.89. The van der Waals surface area contributed by atoms with Crippen LogP contribution in [0.2, 0.25) is 0 Å². The molecule has 4 atom stereocenters. The van der Waals surface area contributed by atoms with Gasteiger partial charge in [-0.1, -0.05) is 22.6 Å². The molecule has 2 bridgehead atoms. The molecule has 10 heavy (non-hydrogen) atoms. The van der Waals surface area contributed by atoms with Crippen LogP contribution < -0.4 is 0 Å². The Labute approximate surface area is 80.8 Å². The Bertz CT molecular complexity index is 123. The van der Waals surface area contributed by atoms with E-state index < -0.39 is 0 Å². The molecule has 0 radical (unpaired) electrons. The van der Waals surface area contributed by atoms with Crippen LogP contribution in [0.1, 0.15) is 25.7 Å². The molecule has 0 aromatic rings. The van der Waals surface area contributed by atoms with Crippen molar-refractivity contribution in [3.05, 3.63) is 0 Å². The maximum Gasteiger partial charge on any atom is 0.0374 e. The maximum absolute atomic E-state index is 6.20. The number of hydrogen-bond acceptors (Lipinski definition) is 0. The summed E-state index contributed by atoms with van der Waals surface area (Å²) in [6, 6.07) is 0. The van der Waals surface area contributed by atoms with E-state index in [2.05, 4.69) is 22.6 Å². The summed E-state index contributed by atoms with van der Waals surface area (Å²) < 4.78 is 0.874. The minimum Gasteiger partial charge on any atom is -0.123 e. The Hall–Kier alpha value is 1.02. The van der Waals surface area contributed by atoms with E-state index in [1.165, 1.54) is 25.7 Å². The lowest BCUT2D eigenvalue weighted by Gasteiger charge is -2.28. The lowest BCUT2D eigenvalue weighted by Crippen LogP contribution is -2.25. The number of alkyl halides is 2. The predicted octanol–water partition coefficient (Wildman–Crippen LogP) is 3.22. The van der Waals surface area contributed by atoms with E-state index in [-0.39, 0.29) is 0 Å². The van der Waals surface area contributed by atoms with E-state index in [0.29, 0.717) is 5.38 Å². The minimum absolute atomic E-state index is 0.501. The summed E-state index contributed by atoms with van der Waals surface area (Å²) in [4.78, 5) is 0. The Kier molecular flexibility index (Phi) is 2.16. The highest BCUT2D eigenvalue weighted by atomic mass is 127. The van der Waals surface area contributed by atoms with Crippen LogP contribution in [0.25, 0.3) is 0 Å². The van der Waals surface area contributed by atoms with Gasteiger partial charge < -0.3 is 0 Å². The van der Waals surface area contributed by atoms with Gasteiger partial charge in [0.15, 0.2) is 0 Å². The highest BCUT2D eigenvalue weighted by Crippen LogP contribution is 2.47. The molecule has 2 aliphatic rings. The summed E-state index contributed by atoms with van der Waals surface area (Å²) in [5, 5.41) is 0.501. The third kappa shape index (κ3) is 1.20. The normalized spacial score (nSPS) is 53.4. The summed E-state index contributed by atoms with van der Waals surface area (Å²) in [6.07, 6.45) is 5.53. The first-order valence-electron chi connectivity index (χ1n) is 4.05. The highest BCUT2D eigenvalue weighted by Gasteiger charge is 2.39. The van der Waals surface area contributed by atoms with E-state index >= 15 is 0 Å². The molecule has 0 N–H and O–H groups in total. The predicted molar refractivity (Wildman–Crippen MR) is 52.9 cm³/mol. The fraction of sp³-hybridized carbons (Fsp3) is 1.00. The minimum atomic E-state index is 0.501. The summed E-state index contributed by atoms with van der Waals surface area (Å²) in [6.45, 7) is 0. The Morgan fingerprint density at radius 1 is 1.10 bits per heavy atom. The van der Waals surface area contributed by atoms with Gasteiger partial charge >= 0.3 is 0 Å². The Balaban J connectivity index is 2.09. The standard InChI is InChI=1S/C8H12ClI/c9-7-4-8(10)6-2-1-5(7)3-6/h5-8H,1-4H2. The van der Waals surface area contributed by atoms with E-state index in [1.54, 1.807) is 0 Å². The van der Waals surface area contributed by atoms with Crippen LogP contribution in [0.15, 0.2) is 0 Å². The lowest BCUT2D eigenvalue weighted by molar-refractivity contribution is 0.385. The van der Waals surface area contributed by atoms with Crippen molar-refractivity contribution < 1.29 is 0 Å². The summed E-state index contributed by atoms with van der Waals surface area (Å²) in [5.41, 5.74) is 0. The first kappa shape index (κ1) is 7.66. The van der Waals surface area contributed by atoms with Crippen molar-refractivity contribution in [3.63, 3.8) is 0 Å². The topological polar surface area (TPSA) is 0 Å². The SMILES string of the molecule is ClC1CC(I)C2CCC1C2. The van der Waals surface area contributed by atoms with Crippen molar-refractivity contribution >= 4 is 34.2 Å². The first-order valence-corrected chi connectivity index (χ1v) is 5.73. The second-order valence-electron chi connectivity index (χ2n) is 3.60. The van der Waals surface area contributed by atoms with Crippen molar-refractivity contribution in [2.24, 2.45) is 11.8 Å². The van der Waals surface area contributed by atoms with Gasteiger partial charge in [0.1, 0.15) is 0 Å². The zero-order chi connectivity index (χ0) is 7.14. The molecule has 2 fully saturated rings. The van der Waals surface area contributed by atoms with Gasteiger partial charge in [0.05, 0.1) is 0 Å². The van der Waals surface area contributed by atoms with Crippen molar-refractivity contribution in [3.8, 4) is 0 Å². The molecule has 0 aliphatic heterocycles. The van der Waals surface area contributed by atoms with Gasteiger partial charge in [-0.3, -0.25) is 0 Å². The molecule has 0 spiro atoms. The molecule has 2 heteroatoms. The van der Waals surface area contributed by atoms with E-state index in [0.717, 1.165) is 15.8 Å². The van der Waals surface area contributed by atoms with Gasteiger partial charge in [-0.25, -0.2) is 0 Å². The number of fused-ring (bicyclic) bond motifs is 2. The molecule has 2 rings (SSSR count). The zero-order valence-corrected chi connectivity index (χ0v) is 8.81. The molecule has 0 amide bonds. The monoisotopic (exact) mass is 270 g/mol. The van der Waals surface area contributed by atoms with Crippen LogP contribution >= 0.6 is 34.2 Å². The Morgan fingerprint density at radius 3 is 2.60 bits per heavy atom. The van der Waals surface area contributed by atoms with Crippen molar-refractivity contribution in [1.29, 1.82) is 0 Å². The summed E-state index contributed by atoms with van der Waals surface area (Å²) >= 11 is 8.78. The molecule has 2 saturated carbocycles. The number of hydrogen-bond donors (Lipinski definition) is 0. The van der Waals surface area contributed by atoms with Crippen LogP contribution in [-0.2, 0) is 0 Å². The van der Waals surface area contributed by atoms with Crippen molar-refractivity contribution in [2.75, 3.05) is 0 Å². The van der Waals surface area contributed by atoms with Crippen molar-refractivity contribution in [2.45, 2.75) is 35.0 Å². The van der Waals surface area contributed by atoms with E-state index in [9.17, 15) is 0 Å². The van der Waals surface area contributed by atoms with Crippen LogP contribution in [0, 0.1) is 11.8 Å². The maximum atomic E-state index is 6.20.